The van der Waals surface area contributed by atoms with Gasteiger partial charge in [0.1, 0.15) is 0 Å². The van der Waals surface area contributed by atoms with Crippen LogP contribution in [0.25, 0.3) is 11.1 Å². The number of methoxy groups -OCH3 is 1. The Bertz CT molecular complexity index is 471. The van der Waals surface area contributed by atoms with E-state index in [9.17, 15) is 0 Å². The molecule has 0 aliphatic carbocycles. The number of alkyl halides is 1. The van der Waals surface area contributed by atoms with E-state index in [0.717, 1.165) is 22.0 Å². The zero-order valence-corrected chi connectivity index (χ0v) is 10.6. The molecule has 0 atom stereocenters. The van der Waals surface area contributed by atoms with Crippen LogP contribution in [0.5, 0.6) is 5.88 Å². The number of ether oxygens (including phenoxy) is 1. The molecule has 1 aromatic heterocycles. The highest BCUT2D eigenvalue weighted by molar-refractivity contribution is 9.08. The molecule has 0 aliphatic heterocycles. The highest BCUT2D eigenvalue weighted by Gasteiger charge is 2.07. The largest absolute Gasteiger partial charge is 0.481 e. The van der Waals surface area contributed by atoms with E-state index in [1.54, 1.807) is 7.11 Å². The van der Waals surface area contributed by atoms with E-state index >= 15 is 0 Å². The highest BCUT2D eigenvalue weighted by atomic mass is 79.9. The molecule has 0 N–H and O–H groups in total. The Balaban J connectivity index is 2.53. The molecule has 2 rings (SSSR count). The fraction of sp³-hybridized carbons (Fsp3) is 0.154. The van der Waals surface area contributed by atoms with Crippen molar-refractivity contribution >= 4 is 15.9 Å². The molecule has 0 saturated heterocycles. The van der Waals surface area contributed by atoms with Crippen LogP contribution in [0.3, 0.4) is 0 Å². The lowest BCUT2D eigenvalue weighted by atomic mass is 10.1. The fourth-order valence-electron chi connectivity index (χ4n) is 1.56. The fourth-order valence-corrected chi connectivity index (χ4v) is 1.86. The lowest BCUT2D eigenvalue weighted by Crippen LogP contribution is -1.93. The van der Waals surface area contributed by atoms with E-state index < -0.39 is 0 Å². The predicted molar refractivity (Wildman–Crippen MR) is 68.9 cm³/mol. The predicted octanol–water partition coefficient (Wildman–Crippen LogP) is 3.65. The Hall–Kier alpha value is -1.35. The lowest BCUT2D eigenvalue weighted by Gasteiger charge is -2.08. The molecule has 16 heavy (non-hydrogen) atoms. The molecule has 2 aromatic rings. The van der Waals surface area contributed by atoms with E-state index in [4.69, 9.17) is 4.74 Å². The average molecular weight is 278 g/mol. The van der Waals surface area contributed by atoms with E-state index in [2.05, 4.69) is 39.1 Å². The molecule has 0 aliphatic rings. The number of pyridine rings is 1. The summed E-state index contributed by atoms with van der Waals surface area (Å²) in [6, 6.07) is 12.2. The Morgan fingerprint density at radius 2 is 2.00 bits per heavy atom. The van der Waals surface area contributed by atoms with Gasteiger partial charge in [0, 0.05) is 17.1 Å². The van der Waals surface area contributed by atoms with Gasteiger partial charge in [-0.3, -0.25) is 0 Å². The smallest absolute Gasteiger partial charge is 0.221 e. The number of hydrogen-bond donors (Lipinski definition) is 0. The van der Waals surface area contributed by atoms with Crippen molar-refractivity contribution in [3.8, 4) is 17.0 Å². The van der Waals surface area contributed by atoms with Gasteiger partial charge in [0.2, 0.25) is 5.88 Å². The normalized spacial score (nSPS) is 10.1. The van der Waals surface area contributed by atoms with Gasteiger partial charge in [-0.2, -0.15) is 0 Å². The Morgan fingerprint density at radius 3 is 2.62 bits per heavy atom. The van der Waals surface area contributed by atoms with E-state index in [0.29, 0.717) is 5.88 Å². The van der Waals surface area contributed by atoms with Crippen LogP contribution in [0.1, 0.15) is 5.56 Å². The third-order valence-corrected chi connectivity index (χ3v) is 2.99. The second-order valence-electron chi connectivity index (χ2n) is 3.40. The first-order chi connectivity index (χ1) is 7.85. The van der Waals surface area contributed by atoms with Crippen LogP contribution in [-0.4, -0.2) is 12.1 Å². The summed E-state index contributed by atoms with van der Waals surface area (Å²) in [6.07, 6.45) is 1.82. The number of aromatic nitrogens is 1. The molecular formula is C13H12BrNO. The van der Waals surface area contributed by atoms with Gasteiger partial charge in [-0.15, -0.1) is 0 Å². The van der Waals surface area contributed by atoms with Gasteiger partial charge >= 0.3 is 0 Å². The van der Waals surface area contributed by atoms with E-state index in [1.165, 1.54) is 0 Å². The summed E-state index contributed by atoms with van der Waals surface area (Å²) in [5.74, 6) is 0.663. The zero-order chi connectivity index (χ0) is 11.4. The minimum atomic E-state index is 0.663. The van der Waals surface area contributed by atoms with Crippen LogP contribution >= 0.6 is 15.9 Å². The molecule has 1 aromatic carbocycles. The molecule has 2 nitrogen and oxygen atoms in total. The number of halogens is 1. The van der Waals surface area contributed by atoms with Gasteiger partial charge in [0.25, 0.3) is 0 Å². The average Bonchev–Trinajstić information content (AvgIpc) is 2.39. The Labute approximate surface area is 103 Å². The van der Waals surface area contributed by atoms with Crippen LogP contribution in [0.15, 0.2) is 42.6 Å². The minimum Gasteiger partial charge on any atom is -0.481 e. The maximum Gasteiger partial charge on any atom is 0.221 e. The van der Waals surface area contributed by atoms with Crippen molar-refractivity contribution in [2.75, 3.05) is 7.11 Å². The van der Waals surface area contributed by atoms with Crippen molar-refractivity contribution in [3.63, 3.8) is 0 Å². The van der Waals surface area contributed by atoms with Crippen LogP contribution in [0, 0.1) is 0 Å². The second-order valence-corrected chi connectivity index (χ2v) is 3.96. The Kier molecular flexibility index (Phi) is 3.57. The van der Waals surface area contributed by atoms with Crippen LogP contribution in [-0.2, 0) is 5.33 Å². The summed E-state index contributed by atoms with van der Waals surface area (Å²) in [7, 11) is 1.64. The molecule has 1 heterocycles. The van der Waals surface area contributed by atoms with Gasteiger partial charge in [-0.1, -0.05) is 46.3 Å². The van der Waals surface area contributed by atoms with Crippen LogP contribution in [0.2, 0.25) is 0 Å². The summed E-state index contributed by atoms with van der Waals surface area (Å²) in [5.41, 5.74) is 3.29. The second kappa shape index (κ2) is 5.12. The molecule has 3 heteroatoms. The summed E-state index contributed by atoms with van der Waals surface area (Å²) in [5, 5.41) is 0.795. The Morgan fingerprint density at radius 1 is 1.25 bits per heavy atom. The molecule has 0 fully saturated rings. The first-order valence-electron chi connectivity index (χ1n) is 4.99. The molecule has 0 unspecified atom stereocenters. The van der Waals surface area contributed by atoms with Crippen LogP contribution in [0.4, 0.5) is 0 Å². The van der Waals surface area contributed by atoms with E-state index in [-0.39, 0.29) is 0 Å². The van der Waals surface area contributed by atoms with Gasteiger partial charge < -0.3 is 4.74 Å². The molecule has 0 spiro atoms. The standard InChI is InChI=1S/C13H12BrNO/c1-16-13-12(7-10(8-14)9-15-13)11-5-3-2-4-6-11/h2-7,9H,8H2,1H3. The maximum absolute atomic E-state index is 5.27. The summed E-state index contributed by atoms with van der Waals surface area (Å²) >= 11 is 3.43. The quantitative estimate of drug-likeness (QED) is 0.799. The van der Waals surface area contributed by atoms with Crippen LogP contribution < -0.4 is 4.74 Å². The molecule has 0 bridgehead atoms. The molecule has 0 radical (unpaired) electrons. The number of hydrogen-bond acceptors (Lipinski definition) is 2. The van der Waals surface area contributed by atoms with Gasteiger partial charge in [-0.05, 0) is 17.2 Å². The topological polar surface area (TPSA) is 22.1 Å². The molecule has 0 saturated carbocycles. The van der Waals surface area contributed by atoms with Crippen molar-refractivity contribution in [2.24, 2.45) is 0 Å². The number of benzene rings is 1. The third-order valence-electron chi connectivity index (χ3n) is 2.34. The lowest BCUT2D eigenvalue weighted by molar-refractivity contribution is 0.399. The summed E-state index contributed by atoms with van der Waals surface area (Å²) < 4.78 is 5.27. The van der Waals surface area contributed by atoms with Crippen molar-refractivity contribution in [1.29, 1.82) is 0 Å². The molecule has 0 amide bonds. The maximum atomic E-state index is 5.27. The first-order valence-corrected chi connectivity index (χ1v) is 6.11. The van der Waals surface area contributed by atoms with Crippen molar-refractivity contribution in [3.05, 3.63) is 48.2 Å². The summed E-state index contributed by atoms with van der Waals surface area (Å²) in [6.45, 7) is 0. The zero-order valence-electron chi connectivity index (χ0n) is 8.98. The highest BCUT2D eigenvalue weighted by Crippen LogP contribution is 2.28. The summed E-state index contributed by atoms with van der Waals surface area (Å²) in [4.78, 5) is 4.29. The van der Waals surface area contributed by atoms with Gasteiger partial charge in [-0.25, -0.2) is 4.98 Å². The third kappa shape index (κ3) is 2.25. The molecule has 82 valence electrons. The van der Waals surface area contributed by atoms with Crippen molar-refractivity contribution in [2.45, 2.75) is 5.33 Å². The minimum absolute atomic E-state index is 0.663. The molecular weight excluding hydrogens is 266 g/mol. The monoisotopic (exact) mass is 277 g/mol. The number of rotatable bonds is 3. The number of nitrogens with zero attached hydrogens (tertiary/aromatic N) is 1. The first kappa shape index (κ1) is 11.1. The van der Waals surface area contributed by atoms with Gasteiger partial charge in [0.05, 0.1) is 7.11 Å². The SMILES string of the molecule is COc1ncc(CBr)cc1-c1ccccc1. The van der Waals surface area contributed by atoms with Crippen molar-refractivity contribution in [1.82, 2.24) is 4.98 Å². The van der Waals surface area contributed by atoms with E-state index in [1.807, 2.05) is 24.4 Å². The van der Waals surface area contributed by atoms with Crippen molar-refractivity contribution < 1.29 is 4.74 Å². The van der Waals surface area contributed by atoms with Gasteiger partial charge in [0.15, 0.2) is 0 Å².